The molecule has 4 aliphatic carbocycles. The number of ketones is 5. The van der Waals surface area contributed by atoms with Gasteiger partial charge in [0.25, 0.3) is 0 Å². The SMILES string of the molecule is CC1c2c(CC(=O)C3CCCC3)ccc(O)c2C(=O)C2C(=O)[C@@]3(O)C(=O)C(C(N)=O)C(=O)[C@H](N(C)C)[C@H]3C(O)[C@H]21. The highest BCUT2D eigenvalue weighted by Gasteiger charge is 2.73. The van der Waals surface area contributed by atoms with Crippen molar-refractivity contribution in [1.82, 2.24) is 4.90 Å². The number of rotatable bonds is 5. The van der Waals surface area contributed by atoms with E-state index in [-0.39, 0.29) is 23.7 Å². The number of fused-ring (bicyclic) bond motifs is 3. The van der Waals surface area contributed by atoms with Gasteiger partial charge in [0, 0.05) is 18.3 Å². The van der Waals surface area contributed by atoms with Crippen molar-refractivity contribution in [3.8, 4) is 5.75 Å². The number of carbonyl (C=O) groups excluding carboxylic acids is 6. The summed E-state index contributed by atoms with van der Waals surface area (Å²) >= 11 is 0. The van der Waals surface area contributed by atoms with Crippen molar-refractivity contribution in [1.29, 1.82) is 0 Å². The largest absolute Gasteiger partial charge is 0.507 e. The molecule has 1 aromatic carbocycles. The summed E-state index contributed by atoms with van der Waals surface area (Å²) in [6.07, 6.45) is 1.79. The van der Waals surface area contributed by atoms with E-state index in [1.807, 2.05) is 0 Å². The summed E-state index contributed by atoms with van der Waals surface area (Å²) in [5, 5.41) is 34.2. The first-order valence-electron chi connectivity index (χ1n) is 13.6. The molecule has 1 amide bonds. The van der Waals surface area contributed by atoms with E-state index in [1.165, 1.54) is 25.1 Å². The van der Waals surface area contributed by atoms with Gasteiger partial charge in [-0.15, -0.1) is 0 Å². The van der Waals surface area contributed by atoms with Crippen molar-refractivity contribution in [3.05, 3.63) is 28.8 Å². The molecular weight excluding hydrogens is 520 g/mol. The number of nitrogens with two attached hydrogens (primary N) is 1. The smallest absolute Gasteiger partial charge is 0.235 e. The summed E-state index contributed by atoms with van der Waals surface area (Å²) in [6, 6.07) is 1.40. The highest BCUT2D eigenvalue weighted by atomic mass is 16.3. The predicted octanol–water partition coefficient (Wildman–Crippen LogP) is -0.299. The van der Waals surface area contributed by atoms with Gasteiger partial charge in [-0.25, -0.2) is 0 Å². The quantitative estimate of drug-likeness (QED) is 0.351. The first-order chi connectivity index (χ1) is 18.7. The van der Waals surface area contributed by atoms with Crippen molar-refractivity contribution in [3.63, 3.8) is 0 Å². The van der Waals surface area contributed by atoms with E-state index in [4.69, 9.17) is 5.73 Å². The topological polar surface area (TPSA) is 192 Å². The molecule has 0 aliphatic heterocycles. The summed E-state index contributed by atoms with van der Waals surface area (Å²) in [7, 11) is 2.88. The number of likely N-dealkylation sites (N-methyl/N-ethyl adjacent to an activating group) is 1. The fourth-order valence-corrected chi connectivity index (χ4v) is 7.89. The zero-order valence-corrected chi connectivity index (χ0v) is 22.6. The molecule has 5 N–H and O–H groups in total. The zero-order chi connectivity index (χ0) is 29.4. The third kappa shape index (κ3) is 3.74. The van der Waals surface area contributed by atoms with Gasteiger partial charge < -0.3 is 21.1 Å². The van der Waals surface area contributed by atoms with E-state index in [1.54, 1.807) is 13.0 Å². The number of aromatic hydroxyl groups is 1. The molecule has 4 aliphatic rings. The first kappa shape index (κ1) is 28.3. The number of phenolic OH excluding ortho intramolecular Hbond substituents is 1. The summed E-state index contributed by atoms with van der Waals surface area (Å²) in [6.45, 7) is 1.65. The number of aliphatic hydroxyl groups excluding tert-OH is 1. The normalized spacial score (nSPS) is 35.9. The maximum atomic E-state index is 14.0. The lowest BCUT2D eigenvalue weighted by Gasteiger charge is -2.56. The molecule has 1 aromatic rings. The predicted molar refractivity (Wildman–Crippen MR) is 138 cm³/mol. The number of benzene rings is 1. The van der Waals surface area contributed by atoms with Gasteiger partial charge in [0.1, 0.15) is 11.5 Å². The molecule has 214 valence electrons. The number of primary amides is 1. The molecule has 11 heteroatoms. The Balaban J connectivity index is 1.65. The Hall–Kier alpha value is -3.28. The summed E-state index contributed by atoms with van der Waals surface area (Å²) in [5.41, 5.74) is 2.93. The maximum Gasteiger partial charge on any atom is 0.235 e. The van der Waals surface area contributed by atoms with Crippen LogP contribution in [0.15, 0.2) is 12.1 Å². The number of Topliss-reactive ketones (excluding diaryl/α,β-unsaturated/α-hetero) is 5. The van der Waals surface area contributed by atoms with Crippen LogP contribution in [0.4, 0.5) is 0 Å². The van der Waals surface area contributed by atoms with Crippen LogP contribution in [-0.4, -0.2) is 86.9 Å². The van der Waals surface area contributed by atoms with E-state index < -0.39 is 82.1 Å². The van der Waals surface area contributed by atoms with Gasteiger partial charge in [0.15, 0.2) is 34.7 Å². The highest BCUT2D eigenvalue weighted by molar-refractivity contribution is 6.32. The van der Waals surface area contributed by atoms with E-state index in [0.29, 0.717) is 11.1 Å². The van der Waals surface area contributed by atoms with Crippen LogP contribution < -0.4 is 5.73 Å². The number of aliphatic hydroxyl groups is 2. The van der Waals surface area contributed by atoms with Crippen LogP contribution in [0.3, 0.4) is 0 Å². The second-order valence-corrected chi connectivity index (χ2v) is 12.0. The second kappa shape index (κ2) is 9.67. The number of phenols is 1. The Morgan fingerprint density at radius 1 is 1.07 bits per heavy atom. The molecule has 0 saturated heterocycles. The molecule has 0 heterocycles. The van der Waals surface area contributed by atoms with Crippen LogP contribution in [0.1, 0.15) is 60.0 Å². The van der Waals surface area contributed by atoms with Gasteiger partial charge in [-0.1, -0.05) is 25.8 Å². The van der Waals surface area contributed by atoms with Crippen LogP contribution in [0, 0.1) is 29.6 Å². The number of amides is 1. The van der Waals surface area contributed by atoms with Gasteiger partial charge in [-0.2, -0.15) is 0 Å². The lowest BCUT2D eigenvalue weighted by molar-refractivity contribution is -0.196. The second-order valence-electron chi connectivity index (χ2n) is 12.0. The fraction of sp³-hybridized carbons (Fsp3) is 0.586. The minimum atomic E-state index is -3.04. The molecule has 11 nitrogen and oxygen atoms in total. The molecular formula is C29H34N2O9. The van der Waals surface area contributed by atoms with Gasteiger partial charge in [0.05, 0.1) is 29.5 Å². The van der Waals surface area contributed by atoms with Crippen LogP contribution in [0.25, 0.3) is 0 Å². The minimum absolute atomic E-state index is 0.00967. The number of hydrogen-bond acceptors (Lipinski definition) is 10. The zero-order valence-electron chi connectivity index (χ0n) is 22.6. The van der Waals surface area contributed by atoms with Crippen molar-refractivity contribution < 1.29 is 44.1 Å². The summed E-state index contributed by atoms with van der Waals surface area (Å²) < 4.78 is 0. The molecule has 0 aromatic heterocycles. The average Bonchev–Trinajstić information content (AvgIpc) is 3.42. The van der Waals surface area contributed by atoms with Gasteiger partial charge in [-0.05, 0) is 50.0 Å². The summed E-state index contributed by atoms with van der Waals surface area (Å²) in [5.74, 6) is -13.9. The van der Waals surface area contributed by atoms with Crippen LogP contribution >= 0.6 is 0 Å². The number of hydrogen-bond donors (Lipinski definition) is 4. The monoisotopic (exact) mass is 554 g/mol. The molecule has 0 spiro atoms. The molecule has 0 bridgehead atoms. The molecule has 3 fully saturated rings. The lowest BCUT2D eigenvalue weighted by atomic mass is 9.49. The molecule has 5 rings (SSSR count). The molecule has 40 heavy (non-hydrogen) atoms. The van der Waals surface area contributed by atoms with Crippen molar-refractivity contribution >= 4 is 34.8 Å². The van der Waals surface area contributed by atoms with E-state index in [0.717, 1.165) is 25.7 Å². The van der Waals surface area contributed by atoms with Crippen molar-refractivity contribution in [2.24, 2.45) is 35.3 Å². The van der Waals surface area contributed by atoms with Crippen molar-refractivity contribution in [2.45, 2.75) is 62.7 Å². The standard InChI is InChI=1S/C29H34N2O9/c1-11-16-13(10-15(33)12-6-4-5-7-12)8-9-14(32)18(16)23(34)19-17(11)24(35)21-22(31(2)3)25(36)20(28(30)39)27(38)29(21,40)26(19)37/h8-9,11-12,17,19-22,24,32,35,40H,4-7,10H2,1-3H3,(H2,30,39)/t11?,17-,19?,20?,21-,22+,24?,29+/m0/s1. The van der Waals surface area contributed by atoms with E-state index in [9.17, 15) is 44.1 Å². The molecule has 3 saturated carbocycles. The number of nitrogens with zero attached hydrogens (tertiary/aromatic N) is 1. The average molecular weight is 555 g/mol. The number of carbonyl (C=O) groups is 6. The fourth-order valence-electron chi connectivity index (χ4n) is 7.89. The lowest BCUT2D eigenvalue weighted by Crippen LogP contribution is -2.77. The third-order valence-corrected chi connectivity index (χ3v) is 9.73. The van der Waals surface area contributed by atoms with E-state index >= 15 is 0 Å². The Labute approximate surface area is 230 Å². The third-order valence-electron chi connectivity index (χ3n) is 9.73. The highest BCUT2D eigenvalue weighted by Crippen LogP contribution is 2.55. The van der Waals surface area contributed by atoms with Crippen LogP contribution in [-0.2, 0) is 30.4 Å². The minimum Gasteiger partial charge on any atom is -0.507 e. The van der Waals surface area contributed by atoms with E-state index in [2.05, 4.69) is 0 Å². The Morgan fingerprint density at radius 2 is 1.70 bits per heavy atom. The maximum absolute atomic E-state index is 14.0. The van der Waals surface area contributed by atoms with Crippen molar-refractivity contribution in [2.75, 3.05) is 14.1 Å². The Kier molecular flexibility index (Phi) is 6.83. The first-order valence-corrected chi connectivity index (χ1v) is 13.6. The van der Waals surface area contributed by atoms with Crippen LogP contribution in [0.2, 0.25) is 0 Å². The Morgan fingerprint density at radius 3 is 2.27 bits per heavy atom. The Bertz CT molecular complexity index is 1350. The molecule has 8 atom stereocenters. The van der Waals surface area contributed by atoms with Gasteiger partial charge in [-0.3, -0.25) is 33.7 Å². The van der Waals surface area contributed by atoms with Gasteiger partial charge >= 0.3 is 0 Å². The summed E-state index contributed by atoms with van der Waals surface area (Å²) in [4.78, 5) is 81.1. The van der Waals surface area contributed by atoms with Gasteiger partial charge in [0.2, 0.25) is 5.91 Å². The molecule has 4 unspecified atom stereocenters. The van der Waals surface area contributed by atoms with Crippen LogP contribution in [0.5, 0.6) is 5.75 Å². The molecule has 0 radical (unpaired) electrons.